The van der Waals surface area contributed by atoms with Gasteiger partial charge < -0.3 is 10.1 Å². The monoisotopic (exact) mass is 350 g/mol. The van der Waals surface area contributed by atoms with Crippen LogP contribution < -0.4 is 10.1 Å². The number of nitrogens with one attached hydrogen (secondary N) is 1. The number of methoxy groups -OCH3 is 1. The predicted octanol–water partition coefficient (Wildman–Crippen LogP) is 4.29. The molecule has 0 heterocycles. The maximum Gasteiger partial charge on any atom is 0.273 e. The third-order valence-electron chi connectivity index (χ3n) is 3.07. The van der Waals surface area contributed by atoms with E-state index in [1.807, 2.05) is 25.1 Å². The number of hydrogen-bond donors (Lipinski definition) is 1. The van der Waals surface area contributed by atoms with Crippen LogP contribution in [-0.4, -0.2) is 12.0 Å². The van der Waals surface area contributed by atoms with Crippen molar-refractivity contribution in [3.63, 3.8) is 0 Å². The van der Waals surface area contributed by atoms with Crippen molar-refractivity contribution in [3.8, 4) is 5.75 Å². The van der Waals surface area contributed by atoms with Crippen molar-refractivity contribution in [3.05, 3.63) is 62.1 Å². The van der Waals surface area contributed by atoms with Crippen LogP contribution in [-0.2, 0) is 6.54 Å². The highest BCUT2D eigenvalue weighted by Gasteiger charge is 2.10. The first kappa shape index (κ1) is 15.3. The van der Waals surface area contributed by atoms with E-state index in [1.54, 1.807) is 12.1 Å². The molecule has 0 saturated heterocycles. The molecule has 0 bridgehead atoms. The topological polar surface area (TPSA) is 64.4 Å². The first-order valence-corrected chi connectivity index (χ1v) is 7.12. The molecular weight excluding hydrogens is 336 g/mol. The highest BCUT2D eigenvalue weighted by atomic mass is 79.9. The van der Waals surface area contributed by atoms with Gasteiger partial charge in [-0.1, -0.05) is 12.1 Å². The van der Waals surface area contributed by atoms with Crippen LogP contribution in [0.25, 0.3) is 0 Å². The summed E-state index contributed by atoms with van der Waals surface area (Å²) in [6, 6.07) is 10.6. The quantitative estimate of drug-likeness (QED) is 0.645. The minimum atomic E-state index is -0.422. The number of non-ortho nitro benzene ring substituents is 1. The summed E-state index contributed by atoms with van der Waals surface area (Å²) in [4.78, 5) is 10.5. The molecule has 0 atom stereocenters. The number of halogens is 1. The Labute approximate surface area is 131 Å². The lowest BCUT2D eigenvalue weighted by Gasteiger charge is -2.11. The zero-order valence-corrected chi connectivity index (χ0v) is 13.3. The van der Waals surface area contributed by atoms with Gasteiger partial charge in [0.1, 0.15) is 5.75 Å². The number of rotatable bonds is 5. The van der Waals surface area contributed by atoms with Gasteiger partial charge in [0, 0.05) is 22.8 Å². The molecule has 0 amide bonds. The smallest absolute Gasteiger partial charge is 0.273 e. The van der Waals surface area contributed by atoms with Crippen molar-refractivity contribution in [2.45, 2.75) is 13.5 Å². The molecule has 0 radical (unpaired) electrons. The van der Waals surface area contributed by atoms with Crippen LogP contribution in [0, 0.1) is 17.0 Å². The van der Waals surface area contributed by atoms with E-state index >= 15 is 0 Å². The lowest BCUT2D eigenvalue weighted by molar-refractivity contribution is -0.385. The Bertz CT molecular complexity index is 674. The van der Waals surface area contributed by atoms with Gasteiger partial charge in [-0.2, -0.15) is 0 Å². The highest BCUT2D eigenvalue weighted by Crippen LogP contribution is 2.27. The zero-order valence-electron chi connectivity index (χ0n) is 11.7. The van der Waals surface area contributed by atoms with Crippen LogP contribution in [0.5, 0.6) is 5.75 Å². The molecule has 0 aromatic heterocycles. The summed E-state index contributed by atoms with van der Waals surface area (Å²) in [5, 5.41) is 14.2. The normalized spacial score (nSPS) is 10.2. The molecule has 0 unspecified atom stereocenters. The van der Waals surface area contributed by atoms with Crippen molar-refractivity contribution >= 4 is 27.3 Å². The summed E-state index contributed by atoms with van der Waals surface area (Å²) in [7, 11) is 1.49. The van der Waals surface area contributed by atoms with E-state index in [1.165, 1.54) is 13.2 Å². The van der Waals surface area contributed by atoms with E-state index in [4.69, 9.17) is 4.74 Å². The maximum atomic E-state index is 10.9. The zero-order chi connectivity index (χ0) is 15.4. The highest BCUT2D eigenvalue weighted by molar-refractivity contribution is 9.10. The largest absolute Gasteiger partial charge is 0.496 e. The number of nitro groups is 1. The molecule has 0 aliphatic rings. The Morgan fingerprint density at radius 3 is 2.76 bits per heavy atom. The van der Waals surface area contributed by atoms with Crippen LogP contribution in [0.4, 0.5) is 11.4 Å². The van der Waals surface area contributed by atoms with Crippen LogP contribution >= 0.6 is 15.9 Å². The van der Waals surface area contributed by atoms with Crippen molar-refractivity contribution in [1.82, 2.24) is 0 Å². The Kier molecular flexibility index (Phi) is 4.80. The Hall–Kier alpha value is -2.08. The number of benzene rings is 2. The van der Waals surface area contributed by atoms with Crippen LogP contribution in [0.1, 0.15) is 11.1 Å². The molecule has 21 heavy (non-hydrogen) atoms. The number of nitro benzene ring substituents is 1. The number of ether oxygens (including phenoxy) is 1. The maximum absolute atomic E-state index is 10.9. The summed E-state index contributed by atoms with van der Waals surface area (Å²) < 4.78 is 6.09. The fourth-order valence-corrected chi connectivity index (χ4v) is 2.35. The average Bonchev–Trinajstić information content (AvgIpc) is 2.48. The van der Waals surface area contributed by atoms with Gasteiger partial charge >= 0.3 is 0 Å². The lowest BCUT2D eigenvalue weighted by atomic mass is 10.1. The third-order valence-corrected chi connectivity index (χ3v) is 4.12. The molecule has 6 heteroatoms. The van der Waals surface area contributed by atoms with Crippen molar-refractivity contribution < 1.29 is 9.66 Å². The van der Waals surface area contributed by atoms with Gasteiger partial charge in [0.05, 0.1) is 18.1 Å². The van der Waals surface area contributed by atoms with Gasteiger partial charge in [0.25, 0.3) is 5.69 Å². The van der Waals surface area contributed by atoms with Gasteiger partial charge in [-0.05, 0) is 46.1 Å². The number of nitrogens with zero attached hydrogens (tertiary/aromatic N) is 1. The molecular formula is C15H15BrN2O3. The first-order valence-electron chi connectivity index (χ1n) is 6.32. The molecule has 2 aromatic carbocycles. The van der Waals surface area contributed by atoms with E-state index in [0.717, 1.165) is 21.3 Å². The van der Waals surface area contributed by atoms with Crippen LogP contribution in [0.2, 0.25) is 0 Å². The molecule has 110 valence electrons. The molecule has 0 fully saturated rings. The molecule has 5 nitrogen and oxygen atoms in total. The van der Waals surface area contributed by atoms with Gasteiger partial charge in [-0.25, -0.2) is 0 Å². The molecule has 0 spiro atoms. The van der Waals surface area contributed by atoms with E-state index < -0.39 is 4.92 Å². The Morgan fingerprint density at radius 1 is 1.33 bits per heavy atom. The van der Waals surface area contributed by atoms with E-state index in [9.17, 15) is 10.1 Å². The summed E-state index contributed by atoms with van der Waals surface area (Å²) in [5.74, 6) is 0.476. The van der Waals surface area contributed by atoms with E-state index in [2.05, 4.69) is 21.2 Å². The van der Waals surface area contributed by atoms with Gasteiger partial charge in [0.15, 0.2) is 0 Å². The summed E-state index contributed by atoms with van der Waals surface area (Å²) in [5.41, 5.74) is 2.88. The molecule has 0 aliphatic heterocycles. The summed E-state index contributed by atoms with van der Waals surface area (Å²) in [6.07, 6.45) is 0. The van der Waals surface area contributed by atoms with Crippen molar-refractivity contribution in [2.24, 2.45) is 0 Å². The Morgan fingerprint density at radius 2 is 2.10 bits per heavy atom. The molecule has 2 aromatic rings. The SMILES string of the molecule is COc1cc(CNc2cccc(C)c2Br)cc([N+](=O)[O-])c1. The first-order chi connectivity index (χ1) is 10.0. The van der Waals surface area contributed by atoms with Gasteiger partial charge in [-0.15, -0.1) is 0 Å². The van der Waals surface area contributed by atoms with E-state index in [0.29, 0.717) is 12.3 Å². The van der Waals surface area contributed by atoms with Crippen molar-refractivity contribution in [2.75, 3.05) is 12.4 Å². The lowest BCUT2D eigenvalue weighted by Crippen LogP contribution is -2.02. The average molecular weight is 351 g/mol. The molecule has 1 N–H and O–H groups in total. The number of anilines is 1. The number of hydrogen-bond acceptors (Lipinski definition) is 4. The fourth-order valence-electron chi connectivity index (χ4n) is 1.95. The minimum Gasteiger partial charge on any atom is -0.496 e. The molecule has 2 rings (SSSR count). The standard InChI is InChI=1S/C15H15BrN2O3/c1-10-4-3-5-14(15(10)16)17-9-11-6-12(18(19)20)8-13(7-11)21-2/h3-8,17H,9H2,1-2H3. The van der Waals surface area contributed by atoms with Crippen LogP contribution in [0.15, 0.2) is 40.9 Å². The second-order valence-corrected chi connectivity index (χ2v) is 5.38. The summed E-state index contributed by atoms with van der Waals surface area (Å²) in [6.45, 7) is 2.48. The second kappa shape index (κ2) is 6.58. The van der Waals surface area contributed by atoms with Gasteiger partial charge in [-0.3, -0.25) is 10.1 Å². The molecule has 0 aliphatic carbocycles. The van der Waals surface area contributed by atoms with Crippen molar-refractivity contribution in [1.29, 1.82) is 0 Å². The summed E-state index contributed by atoms with van der Waals surface area (Å²) >= 11 is 3.52. The predicted molar refractivity (Wildman–Crippen MR) is 85.9 cm³/mol. The minimum absolute atomic E-state index is 0.0226. The van der Waals surface area contributed by atoms with E-state index in [-0.39, 0.29) is 5.69 Å². The second-order valence-electron chi connectivity index (χ2n) is 4.59. The third kappa shape index (κ3) is 3.72. The van der Waals surface area contributed by atoms with Gasteiger partial charge in [0.2, 0.25) is 0 Å². The number of aryl methyl sites for hydroxylation is 1. The molecule has 0 saturated carbocycles. The van der Waals surface area contributed by atoms with Crippen LogP contribution in [0.3, 0.4) is 0 Å². The fraction of sp³-hybridized carbons (Fsp3) is 0.200. The Balaban J connectivity index is 2.21.